The third-order valence-corrected chi connectivity index (χ3v) is 3.07. The molecule has 0 bridgehead atoms. The van der Waals surface area contributed by atoms with Gasteiger partial charge in [-0.3, -0.25) is 4.79 Å². The monoisotopic (exact) mass is 305 g/mol. The predicted molar refractivity (Wildman–Crippen MR) is 80.0 cm³/mol. The summed E-state index contributed by atoms with van der Waals surface area (Å²) in [6.07, 6.45) is 2.70. The molecule has 0 aliphatic heterocycles. The summed E-state index contributed by atoms with van der Waals surface area (Å²) in [5, 5.41) is 3.07. The molecule has 1 amide bonds. The summed E-state index contributed by atoms with van der Waals surface area (Å²) in [6, 6.07) is 7.82. The van der Waals surface area contributed by atoms with Gasteiger partial charge in [-0.25, -0.2) is 9.97 Å². The molecule has 5 nitrogen and oxygen atoms in total. The van der Waals surface area contributed by atoms with Crippen molar-refractivity contribution in [1.29, 1.82) is 0 Å². The highest BCUT2D eigenvalue weighted by molar-refractivity contribution is 6.29. The van der Waals surface area contributed by atoms with Crippen molar-refractivity contribution < 1.29 is 9.53 Å². The van der Waals surface area contributed by atoms with Crippen molar-refractivity contribution >= 4 is 17.5 Å². The number of nitrogens with one attached hydrogen (secondary N) is 1. The summed E-state index contributed by atoms with van der Waals surface area (Å²) in [5.74, 6) is -0.287. The van der Waals surface area contributed by atoms with Gasteiger partial charge in [-0.05, 0) is 18.1 Å². The Hall–Kier alpha value is -1.98. The van der Waals surface area contributed by atoms with E-state index in [-0.39, 0.29) is 16.8 Å². The molecule has 6 heteroatoms. The van der Waals surface area contributed by atoms with Crippen LogP contribution in [0.15, 0.2) is 36.7 Å². The minimum atomic E-state index is -0.287. The second-order valence-electron chi connectivity index (χ2n) is 4.31. The zero-order chi connectivity index (χ0) is 15.1. The van der Waals surface area contributed by atoms with Gasteiger partial charge in [0.1, 0.15) is 10.8 Å². The third kappa shape index (κ3) is 4.51. The molecule has 1 aromatic carbocycles. The number of hydrogen-bond donors (Lipinski definition) is 1. The van der Waals surface area contributed by atoms with E-state index in [1.54, 1.807) is 0 Å². The van der Waals surface area contributed by atoms with Crippen molar-refractivity contribution in [2.75, 3.05) is 6.61 Å². The molecule has 1 N–H and O–H groups in total. The number of aromatic nitrogens is 2. The molecule has 0 fully saturated rings. The van der Waals surface area contributed by atoms with E-state index in [1.807, 2.05) is 31.2 Å². The minimum absolute atomic E-state index is 0.238. The quantitative estimate of drug-likeness (QED) is 0.891. The van der Waals surface area contributed by atoms with Crippen molar-refractivity contribution in [2.45, 2.75) is 20.1 Å². The van der Waals surface area contributed by atoms with Crippen molar-refractivity contribution in [3.8, 4) is 0 Å². The lowest BCUT2D eigenvalue weighted by atomic mass is 10.1. The molecule has 2 rings (SSSR count). The van der Waals surface area contributed by atoms with Gasteiger partial charge >= 0.3 is 0 Å². The number of carbonyl (C=O) groups is 1. The van der Waals surface area contributed by atoms with E-state index in [9.17, 15) is 4.79 Å². The van der Waals surface area contributed by atoms with Crippen LogP contribution < -0.4 is 5.32 Å². The lowest BCUT2D eigenvalue weighted by Gasteiger charge is -2.10. The van der Waals surface area contributed by atoms with Crippen LogP contribution in [0, 0.1) is 0 Å². The van der Waals surface area contributed by atoms with Gasteiger partial charge in [-0.2, -0.15) is 0 Å². The highest BCUT2D eigenvalue weighted by Crippen LogP contribution is 2.10. The highest BCUT2D eigenvalue weighted by atomic mass is 35.5. The van der Waals surface area contributed by atoms with Gasteiger partial charge in [0.25, 0.3) is 5.91 Å². The SMILES string of the molecule is CCOCc1ccccc1CNC(=O)c1cnc(Cl)cn1. The van der Waals surface area contributed by atoms with Gasteiger partial charge in [0, 0.05) is 13.2 Å². The van der Waals surface area contributed by atoms with Crippen LogP contribution >= 0.6 is 11.6 Å². The van der Waals surface area contributed by atoms with Gasteiger partial charge in [0.2, 0.25) is 0 Å². The molecule has 0 aliphatic carbocycles. The summed E-state index contributed by atoms with van der Waals surface area (Å²) >= 11 is 5.64. The van der Waals surface area contributed by atoms with E-state index in [0.29, 0.717) is 19.8 Å². The Kier molecular flexibility index (Phi) is 5.66. The fourth-order valence-electron chi connectivity index (χ4n) is 1.78. The molecule has 0 aliphatic rings. The Morgan fingerprint density at radius 2 is 2.00 bits per heavy atom. The van der Waals surface area contributed by atoms with Crippen LogP contribution in [0.3, 0.4) is 0 Å². The van der Waals surface area contributed by atoms with Crippen molar-refractivity contribution in [3.63, 3.8) is 0 Å². The third-order valence-electron chi connectivity index (χ3n) is 2.87. The maximum atomic E-state index is 12.0. The van der Waals surface area contributed by atoms with Crippen LogP contribution in [0.25, 0.3) is 0 Å². The first-order chi connectivity index (χ1) is 10.2. The molecule has 0 saturated carbocycles. The fourth-order valence-corrected chi connectivity index (χ4v) is 1.88. The number of nitrogens with zero attached hydrogens (tertiary/aromatic N) is 2. The number of rotatable bonds is 6. The van der Waals surface area contributed by atoms with Crippen molar-refractivity contribution in [1.82, 2.24) is 15.3 Å². The summed E-state index contributed by atoms with van der Waals surface area (Å²) < 4.78 is 5.42. The summed E-state index contributed by atoms with van der Waals surface area (Å²) in [5.41, 5.74) is 2.31. The van der Waals surface area contributed by atoms with E-state index in [0.717, 1.165) is 11.1 Å². The van der Waals surface area contributed by atoms with E-state index in [2.05, 4.69) is 15.3 Å². The van der Waals surface area contributed by atoms with Crippen LogP contribution in [0.1, 0.15) is 28.5 Å². The summed E-state index contributed by atoms with van der Waals surface area (Å²) in [7, 11) is 0. The topological polar surface area (TPSA) is 64.1 Å². The average molecular weight is 306 g/mol. The van der Waals surface area contributed by atoms with Crippen LogP contribution in [0.4, 0.5) is 0 Å². The Bertz CT molecular complexity index is 602. The minimum Gasteiger partial charge on any atom is -0.377 e. The first kappa shape index (κ1) is 15.4. The first-order valence-electron chi connectivity index (χ1n) is 6.61. The fraction of sp³-hybridized carbons (Fsp3) is 0.267. The largest absolute Gasteiger partial charge is 0.377 e. The van der Waals surface area contributed by atoms with Crippen LogP contribution in [-0.4, -0.2) is 22.5 Å². The van der Waals surface area contributed by atoms with E-state index in [4.69, 9.17) is 16.3 Å². The first-order valence-corrected chi connectivity index (χ1v) is 6.98. The predicted octanol–water partition coefficient (Wildman–Crippen LogP) is 2.60. The second kappa shape index (κ2) is 7.71. The molecule has 110 valence electrons. The molecule has 2 aromatic rings. The molecular weight excluding hydrogens is 290 g/mol. The van der Waals surface area contributed by atoms with Gasteiger partial charge in [-0.15, -0.1) is 0 Å². The lowest BCUT2D eigenvalue weighted by Crippen LogP contribution is -2.24. The van der Waals surface area contributed by atoms with Crippen LogP contribution in [-0.2, 0) is 17.9 Å². The number of amides is 1. The van der Waals surface area contributed by atoms with E-state index in [1.165, 1.54) is 12.4 Å². The molecule has 1 heterocycles. The Labute approximate surface area is 128 Å². The van der Waals surface area contributed by atoms with Crippen LogP contribution in [0.2, 0.25) is 5.15 Å². The van der Waals surface area contributed by atoms with Crippen molar-refractivity contribution in [3.05, 3.63) is 58.6 Å². The zero-order valence-corrected chi connectivity index (χ0v) is 12.4. The molecule has 0 radical (unpaired) electrons. The molecule has 1 aromatic heterocycles. The molecule has 0 atom stereocenters. The number of benzene rings is 1. The Balaban J connectivity index is 1.99. The number of halogens is 1. The zero-order valence-electron chi connectivity index (χ0n) is 11.7. The van der Waals surface area contributed by atoms with Crippen LogP contribution in [0.5, 0.6) is 0 Å². The van der Waals surface area contributed by atoms with Gasteiger partial charge in [-0.1, -0.05) is 35.9 Å². The smallest absolute Gasteiger partial charge is 0.271 e. The Morgan fingerprint density at radius 3 is 2.67 bits per heavy atom. The molecule has 0 saturated heterocycles. The van der Waals surface area contributed by atoms with Gasteiger partial charge in [0.15, 0.2) is 0 Å². The molecule has 21 heavy (non-hydrogen) atoms. The van der Waals surface area contributed by atoms with Gasteiger partial charge in [0.05, 0.1) is 19.0 Å². The summed E-state index contributed by atoms with van der Waals surface area (Å²) in [4.78, 5) is 19.7. The molecule has 0 unspecified atom stereocenters. The number of hydrogen-bond acceptors (Lipinski definition) is 4. The number of carbonyl (C=O) groups excluding carboxylic acids is 1. The Morgan fingerprint density at radius 1 is 1.24 bits per heavy atom. The maximum absolute atomic E-state index is 12.0. The lowest BCUT2D eigenvalue weighted by molar-refractivity contribution is 0.0944. The molecular formula is C15H16ClN3O2. The van der Waals surface area contributed by atoms with Gasteiger partial charge < -0.3 is 10.1 Å². The highest BCUT2D eigenvalue weighted by Gasteiger charge is 2.09. The summed E-state index contributed by atoms with van der Waals surface area (Å²) in [6.45, 7) is 3.54. The van der Waals surface area contributed by atoms with E-state index < -0.39 is 0 Å². The standard InChI is InChI=1S/C15H16ClN3O2/c1-2-21-10-12-6-4-3-5-11(12)7-19-15(20)13-8-18-14(16)9-17-13/h3-6,8-9H,2,7,10H2,1H3,(H,19,20). The normalized spacial score (nSPS) is 10.4. The maximum Gasteiger partial charge on any atom is 0.271 e. The van der Waals surface area contributed by atoms with Crippen molar-refractivity contribution in [2.24, 2.45) is 0 Å². The molecule has 0 spiro atoms. The second-order valence-corrected chi connectivity index (χ2v) is 4.70. The average Bonchev–Trinajstić information content (AvgIpc) is 2.52. The van der Waals surface area contributed by atoms with E-state index >= 15 is 0 Å². The number of ether oxygens (including phenoxy) is 1.